The molecule has 0 amide bonds. The van der Waals surface area contributed by atoms with Gasteiger partial charge in [-0.05, 0) is 29.3 Å². The summed E-state index contributed by atoms with van der Waals surface area (Å²) in [5.41, 5.74) is -0.00569. The second-order valence-corrected chi connectivity index (χ2v) is 7.27. The summed E-state index contributed by atoms with van der Waals surface area (Å²) in [6.07, 6.45) is 1.97. The van der Waals surface area contributed by atoms with Gasteiger partial charge in [0.1, 0.15) is 5.92 Å². The first kappa shape index (κ1) is 19.3. The van der Waals surface area contributed by atoms with Gasteiger partial charge in [-0.15, -0.1) is 0 Å². The average Bonchev–Trinajstić information content (AvgIpc) is 2.73. The molecule has 1 aliphatic heterocycles. The van der Waals surface area contributed by atoms with Gasteiger partial charge in [0.05, 0.1) is 56.7 Å². The van der Waals surface area contributed by atoms with E-state index in [-0.39, 0.29) is 11.6 Å². The first-order valence-electron chi connectivity index (χ1n) is 8.94. The van der Waals surface area contributed by atoms with Gasteiger partial charge in [-0.25, -0.2) is 4.79 Å². The zero-order chi connectivity index (χ0) is 20.5. The molecule has 3 rings (SSSR count). The van der Waals surface area contributed by atoms with E-state index in [2.05, 4.69) is 18.2 Å². The summed E-state index contributed by atoms with van der Waals surface area (Å²) in [4.78, 5) is 12.9. The minimum Gasteiger partial charge on any atom is -0.465 e. The Balaban J connectivity index is 2.19. The molecule has 1 aromatic carbocycles. The molecule has 4 atom stereocenters. The highest BCUT2D eigenvalue weighted by molar-refractivity contribution is 6.00. The third kappa shape index (κ3) is 2.76. The molecule has 7 nitrogen and oxygen atoms in total. The van der Waals surface area contributed by atoms with Crippen molar-refractivity contribution in [3.8, 4) is 18.2 Å². The number of nitrogens with one attached hydrogen (secondary N) is 2. The summed E-state index contributed by atoms with van der Waals surface area (Å²) >= 11 is 0. The van der Waals surface area contributed by atoms with Gasteiger partial charge in [0.15, 0.2) is 5.41 Å². The third-order valence-corrected chi connectivity index (χ3v) is 5.77. The molecule has 7 heteroatoms. The van der Waals surface area contributed by atoms with Crippen LogP contribution in [0.3, 0.4) is 0 Å². The van der Waals surface area contributed by atoms with Crippen LogP contribution < -0.4 is 4.90 Å². The van der Waals surface area contributed by atoms with E-state index < -0.39 is 23.2 Å². The van der Waals surface area contributed by atoms with Gasteiger partial charge in [0.25, 0.3) is 0 Å². The molecule has 0 saturated heterocycles. The maximum Gasteiger partial charge on any atom is 0.337 e. The Morgan fingerprint density at radius 2 is 1.89 bits per heavy atom. The van der Waals surface area contributed by atoms with E-state index in [0.29, 0.717) is 17.7 Å². The third-order valence-electron chi connectivity index (χ3n) is 5.77. The van der Waals surface area contributed by atoms with Crippen molar-refractivity contribution in [3.05, 3.63) is 47.0 Å². The fourth-order valence-corrected chi connectivity index (χ4v) is 4.38. The Labute approximate surface area is 163 Å². The summed E-state index contributed by atoms with van der Waals surface area (Å²) in [7, 11) is 3.32. The number of likely N-dealkylation sites (N-methyl/N-ethyl adjacent to an activating group) is 1. The Kier molecular flexibility index (Phi) is 5.01. The SMILES string of the molecule is COC(=O)c1ccc([C@@H]2[C@H]3C[NH+](C)CC=C3C(C#N)C(=N)C2(C#N)C#N)cc1. The van der Waals surface area contributed by atoms with E-state index in [0.717, 1.165) is 12.1 Å². The number of nitriles is 3. The van der Waals surface area contributed by atoms with E-state index >= 15 is 0 Å². The molecule has 2 aliphatic rings. The zero-order valence-electron chi connectivity index (χ0n) is 15.7. The van der Waals surface area contributed by atoms with Crippen LogP contribution in [0.5, 0.6) is 0 Å². The van der Waals surface area contributed by atoms with E-state index in [1.54, 1.807) is 24.3 Å². The fourth-order valence-electron chi connectivity index (χ4n) is 4.38. The van der Waals surface area contributed by atoms with Crippen LogP contribution in [0.1, 0.15) is 21.8 Å². The van der Waals surface area contributed by atoms with Gasteiger partial charge in [0, 0.05) is 11.8 Å². The van der Waals surface area contributed by atoms with Gasteiger partial charge in [-0.1, -0.05) is 12.1 Å². The fraction of sp³-hybridized carbons (Fsp3) is 0.381. The second-order valence-electron chi connectivity index (χ2n) is 7.27. The van der Waals surface area contributed by atoms with Crippen LogP contribution in [0.25, 0.3) is 0 Å². The highest BCUT2D eigenvalue weighted by atomic mass is 16.5. The molecule has 28 heavy (non-hydrogen) atoms. The normalized spacial score (nSPS) is 28.0. The van der Waals surface area contributed by atoms with Crippen molar-refractivity contribution in [2.24, 2.45) is 17.3 Å². The van der Waals surface area contributed by atoms with Gasteiger partial charge in [0.2, 0.25) is 0 Å². The monoisotopic (exact) mass is 374 g/mol. The Morgan fingerprint density at radius 1 is 1.25 bits per heavy atom. The van der Waals surface area contributed by atoms with Crippen molar-refractivity contribution in [1.29, 1.82) is 21.2 Å². The van der Waals surface area contributed by atoms with Gasteiger partial charge < -0.3 is 15.0 Å². The number of methoxy groups -OCH3 is 1. The molecular weight excluding hydrogens is 354 g/mol. The number of benzene rings is 1. The molecule has 0 radical (unpaired) electrons. The Bertz CT molecular complexity index is 960. The summed E-state index contributed by atoms with van der Waals surface area (Å²) in [6.45, 7) is 1.39. The van der Waals surface area contributed by atoms with Crippen LogP contribution in [0.15, 0.2) is 35.9 Å². The number of nitrogens with zero attached hydrogens (tertiary/aromatic N) is 3. The van der Waals surface area contributed by atoms with Crippen LogP contribution in [0.4, 0.5) is 0 Å². The van der Waals surface area contributed by atoms with E-state index in [9.17, 15) is 20.6 Å². The number of ether oxygens (including phenoxy) is 1. The molecule has 1 aliphatic carbocycles. The molecule has 2 N–H and O–H groups in total. The van der Waals surface area contributed by atoms with Crippen LogP contribution in [-0.2, 0) is 4.74 Å². The number of hydrogen-bond acceptors (Lipinski definition) is 6. The van der Waals surface area contributed by atoms with Crippen LogP contribution in [-0.4, -0.2) is 38.9 Å². The van der Waals surface area contributed by atoms with Gasteiger partial charge in [-0.2, -0.15) is 15.8 Å². The lowest BCUT2D eigenvalue weighted by atomic mass is 9.54. The van der Waals surface area contributed by atoms with E-state index in [4.69, 9.17) is 10.1 Å². The first-order valence-corrected chi connectivity index (χ1v) is 8.94. The van der Waals surface area contributed by atoms with Crippen molar-refractivity contribution < 1.29 is 14.4 Å². The van der Waals surface area contributed by atoms with Crippen LogP contribution in [0, 0.1) is 56.7 Å². The van der Waals surface area contributed by atoms with Crippen LogP contribution >= 0.6 is 0 Å². The minimum atomic E-state index is -1.73. The van der Waals surface area contributed by atoms with E-state index in [1.165, 1.54) is 12.0 Å². The lowest BCUT2D eigenvalue weighted by molar-refractivity contribution is -0.878. The molecule has 1 aromatic rings. The molecule has 1 heterocycles. The summed E-state index contributed by atoms with van der Waals surface area (Å²) in [5, 5.41) is 38.2. The van der Waals surface area contributed by atoms with Crippen molar-refractivity contribution >= 4 is 11.7 Å². The maximum absolute atomic E-state index is 11.7. The van der Waals surface area contributed by atoms with Crippen molar-refractivity contribution in [2.45, 2.75) is 5.92 Å². The van der Waals surface area contributed by atoms with Crippen molar-refractivity contribution in [1.82, 2.24) is 0 Å². The maximum atomic E-state index is 11.7. The number of rotatable bonds is 2. The molecule has 140 valence electrons. The number of fused-ring (bicyclic) bond motifs is 1. The van der Waals surface area contributed by atoms with Gasteiger partial charge in [-0.3, -0.25) is 0 Å². The lowest BCUT2D eigenvalue weighted by Gasteiger charge is -2.46. The lowest BCUT2D eigenvalue weighted by Crippen LogP contribution is -3.10. The molecule has 1 fully saturated rings. The Hall–Kier alpha value is -3.47. The number of hydrogen-bond donors (Lipinski definition) is 2. The Morgan fingerprint density at radius 3 is 2.43 bits per heavy atom. The minimum absolute atomic E-state index is 0.163. The number of carbonyl (C=O) groups is 1. The standard InChI is InChI=1S/C21H19N5O2/c1-26-8-7-15-16(9-22)19(25)21(11-23,12-24)18(17(15)10-26)13-3-5-14(6-4-13)20(27)28-2/h3-7,16-18,25H,8,10H2,1-2H3/p+1/t16?,17-,18+/m0/s1. The summed E-state index contributed by atoms with van der Waals surface area (Å²) in [5.74, 6) is -2.13. The van der Waals surface area contributed by atoms with Crippen LogP contribution in [0.2, 0.25) is 0 Å². The predicted molar refractivity (Wildman–Crippen MR) is 99.2 cm³/mol. The molecule has 2 unspecified atom stereocenters. The van der Waals surface area contributed by atoms with E-state index in [1.807, 2.05) is 13.1 Å². The van der Waals surface area contributed by atoms with Crippen molar-refractivity contribution in [3.63, 3.8) is 0 Å². The molecular formula is C21H20N5O2+. The topological polar surface area (TPSA) is 126 Å². The first-order chi connectivity index (χ1) is 13.4. The quantitative estimate of drug-likeness (QED) is 0.586. The average molecular weight is 374 g/mol. The summed E-state index contributed by atoms with van der Waals surface area (Å²) < 4.78 is 4.72. The summed E-state index contributed by atoms with van der Waals surface area (Å²) in [6, 6.07) is 12.9. The number of carbonyl (C=O) groups excluding carboxylic acids is 1. The largest absolute Gasteiger partial charge is 0.465 e. The highest BCUT2D eigenvalue weighted by Crippen LogP contribution is 2.52. The van der Waals surface area contributed by atoms with Crippen molar-refractivity contribution in [2.75, 3.05) is 27.2 Å². The zero-order valence-corrected chi connectivity index (χ0v) is 15.7. The highest BCUT2D eigenvalue weighted by Gasteiger charge is 2.58. The second kappa shape index (κ2) is 7.27. The van der Waals surface area contributed by atoms with Gasteiger partial charge >= 0.3 is 5.97 Å². The molecule has 0 aromatic heterocycles. The molecule has 0 spiro atoms. The molecule has 1 saturated carbocycles. The smallest absolute Gasteiger partial charge is 0.337 e. The molecule has 0 bridgehead atoms. The number of quaternary nitrogens is 1. The predicted octanol–water partition coefficient (Wildman–Crippen LogP) is 0.834. The number of esters is 1.